The van der Waals surface area contributed by atoms with Gasteiger partial charge in [0.2, 0.25) is 0 Å². The van der Waals surface area contributed by atoms with E-state index < -0.39 is 0 Å². The summed E-state index contributed by atoms with van der Waals surface area (Å²) < 4.78 is 1.25. The summed E-state index contributed by atoms with van der Waals surface area (Å²) in [5.74, 6) is 0.691. The van der Waals surface area contributed by atoms with Crippen molar-refractivity contribution in [2.24, 2.45) is 16.3 Å². The molecule has 2 aromatic rings. The van der Waals surface area contributed by atoms with Gasteiger partial charge in [-0.2, -0.15) is 5.26 Å². The molecule has 23 heavy (non-hydrogen) atoms. The molecule has 0 amide bonds. The smallest absolute Gasteiger partial charge is 0.134 e. The number of thiophene rings is 2. The van der Waals surface area contributed by atoms with E-state index in [1.807, 2.05) is 6.21 Å². The summed E-state index contributed by atoms with van der Waals surface area (Å²) in [5.41, 5.74) is 2.39. The molecule has 120 valence electrons. The van der Waals surface area contributed by atoms with Crippen LogP contribution >= 0.6 is 45.3 Å². The van der Waals surface area contributed by atoms with Crippen molar-refractivity contribution in [3.8, 4) is 6.07 Å². The van der Waals surface area contributed by atoms with E-state index >= 15 is 0 Å². The molecule has 2 heterocycles. The first-order valence-corrected chi connectivity index (χ1v) is 10.4. The molecule has 0 radical (unpaired) electrons. The molecule has 0 saturated carbocycles. The van der Waals surface area contributed by atoms with Crippen LogP contribution in [0.5, 0.6) is 0 Å². The third-order valence-electron chi connectivity index (χ3n) is 4.49. The quantitative estimate of drug-likeness (QED) is 0.394. The van der Waals surface area contributed by atoms with E-state index in [0.717, 1.165) is 28.3 Å². The molecule has 0 aromatic carbocycles. The fourth-order valence-corrected chi connectivity index (χ4v) is 5.80. The maximum absolute atomic E-state index is 9.57. The topological polar surface area (TPSA) is 36.1 Å². The lowest BCUT2D eigenvalue weighted by molar-refractivity contribution is 0.218. The molecule has 0 saturated heterocycles. The molecular weight excluding hydrogens is 435 g/mol. The summed E-state index contributed by atoms with van der Waals surface area (Å²) in [7, 11) is 0. The largest absolute Gasteiger partial charge is 0.243 e. The van der Waals surface area contributed by atoms with Gasteiger partial charge in [-0.05, 0) is 70.9 Å². The molecule has 2 aromatic heterocycles. The van der Waals surface area contributed by atoms with Crippen molar-refractivity contribution in [1.29, 1.82) is 5.26 Å². The van der Waals surface area contributed by atoms with E-state index in [1.54, 1.807) is 22.7 Å². The summed E-state index contributed by atoms with van der Waals surface area (Å²) in [6, 6.07) is 6.56. The number of fused-ring (bicyclic) bond motifs is 1. The van der Waals surface area contributed by atoms with Crippen molar-refractivity contribution < 1.29 is 0 Å². The van der Waals surface area contributed by atoms with Crippen LogP contribution < -0.4 is 0 Å². The standard InChI is InChI=1S/C18H19IN2S2/c1-18(2,3)11-4-6-13-14(9-20)17(23-15(13)8-11)21-10-12-5-7-16(19)22-12/h5,7,10-11H,4,6,8H2,1-3H3/b21-10+. The Labute approximate surface area is 159 Å². The average molecular weight is 454 g/mol. The fraction of sp³-hybridized carbons (Fsp3) is 0.444. The first-order valence-electron chi connectivity index (χ1n) is 7.72. The van der Waals surface area contributed by atoms with Crippen molar-refractivity contribution >= 4 is 56.5 Å². The van der Waals surface area contributed by atoms with Crippen LogP contribution in [-0.4, -0.2) is 6.21 Å². The van der Waals surface area contributed by atoms with Crippen molar-refractivity contribution in [3.05, 3.63) is 35.9 Å². The number of nitrogens with zero attached hydrogens (tertiary/aromatic N) is 2. The number of rotatable bonds is 2. The van der Waals surface area contributed by atoms with Gasteiger partial charge < -0.3 is 0 Å². The van der Waals surface area contributed by atoms with Crippen LogP contribution in [0.2, 0.25) is 0 Å². The fourth-order valence-electron chi connectivity index (χ4n) is 3.04. The van der Waals surface area contributed by atoms with Crippen LogP contribution in [0.1, 0.15) is 48.1 Å². The van der Waals surface area contributed by atoms with Crippen molar-refractivity contribution in [1.82, 2.24) is 0 Å². The monoisotopic (exact) mass is 454 g/mol. The van der Waals surface area contributed by atoms with E-state index in [1.165, 1.54) is 19.7 Å². The Kier molecular flexibility index (Phi) is 4.96. The van der Waals surface area contributed by atoms with Crippen LogP contribution in [0, 0.1) is 25.5 Å². The summed E-state index contributed by atoms with van der Waals surface area (Å²) in [5, 5.41) is 10.5. The van der Waals surface area contributed by atoms with E-state index in [9.17, 15) is 5.26 Å². The van der Waals surface area contributed by atoms with E-state index in [2.05, 4.69) is 66.6 Å². The van der Waals surface area contributed by atoms with Crippen molar-refractivity contribution in [2.45, 2.75) is 40.0 Å². The number of aliphatic imine (C=N–C) groups is 1. The van der Waals surface area contributed by atoms with Crippen LogP contribution in [0.4, 0.5) is 5.00 Å². The average Bonchev–Trinajstić information content (AvgIpc) is 3.06. The van der Waals surface area contributed by atoms with Gasteiger partial charge in [0.1, 0.15) is 11.1 Å². The molecule has 0 N–H and O–H groups in total. The van der Waals surface area contributed by atoms with Crippen LogP contribution in [0.25, 0.3) is 0 Å². The lowest BCUT2D eigenvalue weighted by Gasteiger charge is -2.33. The lowest BCUT2D eigenvalue weighted by Crippen LogP contribution is -2.26. The highest BCUT2D eigenvalue weighted by atomic mass is 127. The number of hydrogen-bond donors (Lipinski definition) is 0. The Bertz CT molecular complexity index is 787. The van der Waals surface area contributed by atoms with Gasteiger partial charge in [0.25, 0.3) is 0 Å². The van der Waals surface area contributed by atoms with E-state index in [4.69, 9.17) is 0 Å². The number of nitriles is 1. The minimum atomic E-state index is 0.325. The number of halogens is 1. The predicted octanol–water partition coefficient (Wildman–Crippen LogP) is 6.19. The summed E-state index contributed by atoms with van der Waals surface area (Å²) in [6.07, 6.45) is 5.17. The zero-order valence-electron chi connectivity index (χ0n) is 13.5. The third-order valence-corrected chi connectivity index (χ3v) is 7.48. The minimum absolute atomic E-state index is 0.325. The van der Waals surface area contributed by atoms with Gasteiger partial charge in [-0.3, -0.25) is 0 Å². The van der Waals surface area contributed by atoms with E-state index in [0.29, 0.717) is 11.3 Å². The van der Waals surface area contributed by atoms with Crippen LogP contribution in [0.15, 0.2) is 17.1 Å². The van der Waals surface area contributed by atoms with Gasteiger partial charge in [-0.15, -0.1) is 22.7 Å². The molecule has 2 nitrogen and oxygen atoms in total. The summed E-state index contributed by atoms with van der Waals surface area (Å²) in [6.45, 7) is 6.96. The molecule has 0 spiro atoms. The molecule has 1 aliphatic carbocycles. The molecule has 3 rings (SSSR count). The summed E-state index contributed by atoms with van der Waals surface area (Å²) >= 11 is 5.75. The second-order valence-electron chi connectivity index (χ2n) is 7.00. The van der Waals surface area contributed by atoms with Crippen molar-refractivity contribution in [3.63, 3.8) is 0 Å². The molecule has 0 bridgehead atoms. The van der Waals surface area contributed by atoms with Gasteiger partial charge in [0, 0.05) is 16.0 Å². The van der Waals surface area contributed by atoms with Crippen LogP contribution in [0.3, 0.4) is 0 Å². The minimum Gasteiger partial charge on any atom is -0.243 e. The SMILES string of the molecule is CC(C)(C)C1CCc2c(sc(/N=C/c3ccc(I)s3)c2C#N)C1. The molecule has 1 aliphatic rings. The first kappa shape index (κ1) is 17.1. The highest BCUT2D eigenvalue weighted by Gasteiger charge is 2.32. The Morgan fingerprint density at radius 3 is 2.74 bits per heavy atom. The first-order chi connectivity index (χ1) is 10.9. The molecule has 0 aliphatic heterocycles. The second kappa shape index (κ2) is 6.66. The van der Waals surface area contributed by atoms with E-state index in [-0.39, 0.29) is 0 Å². The molecular formula is C18H19IN2S2. The lowest BCUT2D eigenvalue weighted by atomic mass is 9.72. The van der Waals surface area contributed by atoms with Crippen LogP contribution in [-0.2, 0) is 12.8 Å². The zero-order chi connectivity index (χ0) is 16.6. The predicted molar refractivity (Wildman–Crippen MR) is 108 cm³/mol. The molecule has 0 fully saturated rings. The second-order valence-corrected chi connectivity index (χ2v) is 11.1. The molecule has 1 atom stereocenters. The highest BCUT2D eigenvalue weighted by Crippen LogP contribution is 2.44. The Morgan fingerprint density at radius 1 is 1.35 bits per heavy atom. The van der Waals surface area contributed by atoms with Gasteiger partial charge in [0.05, 0.1) is 8.45 Å². The maximum Gasteiger partial charge on any atom is 0.134 e. The third kappa shape index (κ3) is 3.70. The Hall–Kier alpha value is -0.710. The Balaban J connectivity index is 1.90. The maximum atomic E-state index is 9.57. The highest BCUT2D eigenvalue weighted by molar-refractivity contribution is 14.1. The summed E-state index contributed by atoms with van der Waals surface area (Å²) in [4.78, 5) is 7.14. The molecule has 1 unspecified atom stereocenters. The zero-order valence-corrected chi connectivity index (χ0v) is 17.3. The van der Waals surface area contributed by atoms with Gasteiger partial charge >= 0.3 is 0 Å². The number of hydrogen-bond acceptors (Lipinski definition) is 4. The van der Waals surface area contributed by atoms with Gasteiger partial charge in [-0.1, -0.05) is 20.8 Å². The normalized spacial score (nSPS) is 18.1. The molecule has 5 heteroatoms. The Morgan fingerprint density at radius 2 is 2.13 bits per heavy atom. The van der Waals surface area contributed by atoms with Gasteiger partial charge in [0.15, 0.2) is 0 Å². The van der Waals surface area contributed by atoms with Crippen molar-refractivity contribution in [2.75, 3.05) is 0 Å². The van der Waals surface area contributed by atoms with Gasteiger partial charge in [-0.25, -0.2) is 4.99 Å².